The van der Waals surface area contributed by atoms with Crippen LogP contribution in [-0.4, -0.2) is 21.6 Å². The van der Waals surface area contributed by atoms with Gasteiger partial charge in [0.1, 0.15) is 5.70 Å². The van der Waals surface area contributed by atoms with Crippen LogP contribution in [0.25, 0.3) is 0 Å². The number of aromatic amines is 2. The highest BCUT2D eigenvalue weighted by molar-refractivity contribution is 6.09. The van der Waals surface area contributed by atoms with E-state index in [-0.39, 0.29) is 5.56 Å². The summed E-state index contributed by atoms with van der Waals surface area (Å²) < 4.78 is 0. The first-order chi connectivity index (χ1) is 10.7. The molecule has 0 bridgehead atoms. The molecule has 0 saturated heterocycles. The summed E-state index contributed by atoms with van der Waals surface area (Å²) in [6.07, 6.45) is 6.69. The minimum atomic E-state index is -0.563. The first-order valence-corrected chi connectivity index (χ1v) is 7.30. The average molecular weight is 298 g/mol. The van der Waals surface area contributed by atoms with Crippen molar-refractivity contribution >= 4 is 11.7 Å². The lowest BCUT2D eigenvalue weighted by Crippen LogP contribution is -2.29. The van der Waals surface area contributed by atoms with Crippen molar-refractivity contribution in [3.05, 3.63) is 49.9 Å². The summed E-state index contributed by atoms with van der Waals surface area (Å²) >= 11 is 0. The quantitative estimate of drug-likeness (QED) is 0.686. The van der Waals surface area contributed by atoms with Crippen molar-refractivity contribution in [3.63, 3.8) is 0 Å². The van der Waals surface area contributed by atoms with E-state index in [1.165, 1.54) is 19.0 Å². The molecular weight excluding hydrogens is 284 g/mol. The van der Waals surface area contributed by atoms with E-state index in [1.54, 1.807) is 6.08 Å². The third-order valence-corrected chi connectivity index (χ3v) is 4.53. The van der Waals surface area contributed by atoms with Gasteiger partial charge in [0.05, 0.1) is 11.3 Å². The van der Waals surface area contributed by atoms with Gasteiger partial charge in [0.2, 0.25) is 0 Å². The molecule has 4 rings (SSSR count). The smallest absolute Gasteiger partial charge is 0.313 e. The number of nitrogens with zero attached hydrogens (tertiary/aromatic N) is 1. The Bertz CT molecular complexity index is 865. The standard InChI is InChI=1S/C15H14N4O3/c20-6-13-10(9-3-8(9)7-1-2-7)4-12(18-19-13)11-5-16-15(22)17-14(11)21/h4-5,7-9,19H,1-3H2,(H2,16,17,21,22)/t8-,9+/m1/s1. The summed E-state index contributed by atoms with van der Waals surface area (Å²) in [5.74, 6) is 3.63. The van der Waals surface area contributed by atoms with Crippen LogP contribution in [0.15, 0.2) is 38.2 Å². The van der Waals surface area contributed by atoms with Gasteiger partial charge in [0.25, 0.3) is 5.56 Å². The maximum Gasteiger partial charge on any atom is 0.325 e. The van der Waals surface area contributed by atoms with Crippen LogP contribution in [0, 0.1) is 17.8 Å². The Morgan fingerprint density at radius 3 is 2.77 bits per heavy atom. The molecule has 7 nitrogen and oxygen atoms in total. The summed E-state index contributed by atoms with van der Waals surface area (Å²) in [5.41, 5.74) is 3.49. The third-order valence-electron chi connectivity index (χ3n) is 4.53. The predicted octanol–water partition coefficient (Wildman–Crippen LogP) is 0.0585. The van der Waals surface area contributed by atoms with Crippen molar-refractivity contribution in [2.75, 3.05) is 0 Å². The zero-order valence-electron chi connectivity index (χ0n) is 11.7. The van der Waals surface area contributed by atoms with Gasteiger partial charge in [-0.3, -0.25) is 15.2 Å². The van der Waals surface area contributed by atoms with E-state index in [2.05, 4.69) is 20.5 Å². The molecule has 0 unspecified atom stereocenters. The van der Waals surface area contributed by atoms with Crippen LogP contribution >= 0.6 is 0 Å². The van der Waals surface area contributed by atoms with Gasteiger partial charge in [0, 0.05) is 6.20 Å². The zero-order valence-corrected chi connectivity index (χ0v) is 11.7. The van der Waals surface area contributed by atoms with Gasteiger partial charge in [-0.15, -0.1) is 0 Å². The number of aromatic nitrogens is 2. The molecule has 0 radical (unpaired) electrons. The summed E-state index contributed by atoms with van der Waals surface area (Å²) in [4.78, 5) is 38.7. The van der Waals surface area contributed by atoms with E-state index < -0.39 is 11.2 Å². The van der Waals surface area contributed by atoms with Crippen molar-refractivity contribution < 1.29 is 4.79 Å². The highest BCUT2D eigenvalue weighted by Gasteiger charge is 2.50. The molecule has 0 aromatic carbocycles. The Kier molecular flexibility index (Phi) is 2.77. The second-order valence-corrected chi connectivity index (χ2v) is 6.01. The van der Waals surface area contributed by atoms with Gasteiger partial charge in [-0.25, -0.2) is 9.59 Å². The Balaban J connectivity index is 1.70. The lowest BCUT2D eigenvalue weighted by atomic mass is 10.00. The minimum Gasteiger partial charge on any atom is -0.313 e. The van der Waals surface area contributed by atoms with Gasteiger partial charge < -0.3 is 4.98 Å². The number of carbonyl (C=O) groups excluding carboxylic acids is 1. The Morgan fingerprint density at radius 1 is 1.27 bits per heavy atom. The average Bonchev–Trinajstić information content (AvgIpc) is 3.38. The van der Waals surface area contributed by atoms with Crippen molar-refractivity contribution in [2.45, 2.75) is 19.3 Å². The number of H-pyrrole nitrogens is 2. The number of allylic oxidation sites excluding steroid dienone is 2. The molecule has 1 aliphatic heterocycles. The second kappa shape index (κ2) is 4.68. The predicted molar refractivity (Wildman–Crippen MR) is 79.0 cm³/mol. The van der Waals surface area contributed by atoms with Gasteiger partial charge in [-0.1, -0.05) is 0 Å². The molecule has 112 valence electrons. The molecule has 7 heteroatoms. The van der Waals surface area contributed by atoms with Crippen molar-refractivity contribution in [3.8, 4) is 0 Å². The Morgan fingerprint density at radius 2 is 2.09 bits per heavy atom. The van der Waals surface area contributed by atoms with Crippen molar-refractivity contribution in [2.24, 2.45) is 22.9 Å². The molecule has 3 aliphatic rings. The summed E-state index contributed by atoms with van der Waals surface area (Å²) in [6, 6.07) is 0. The van der Waals surface area contributed by atoms with Gasteiger partial charge >= 0.3 is 5.69 Å². The highest BCUT2D eigenvalue weighted by atomic mass is 16.2. The Labute approximate surface area is 124 Å². The van der Waals surface area contributed by atoms with Crippen LogP contribution in [0.4, 0.5) is 0 Å². The fourth-order valence-corrected chi connectivity index (χ4v) is 3.16. The zero-order chi connectivity index (χ0) is 15.3. The lowest BCUT2D eigenvalue weighted by Gasteiger charge is -2.15. The summed E-state index contributed by atoms with van der Waals surface area (Å²) in [5, 5.41) is 4.04. The van der Waals surface area contributed by atoms with Crippen LogP contribution in [-0.2, 0) is 4.79 Å². The number of hydrazone groups is 1. The van der Waals surface area contributed by atoms with E-state index in [1.807, 2.05) is 5.94 Å². The molecule has 2 aliphatic carbocycles. The van der Waals surface area contributed by atoms with E-state index in [0.29, 0.717) is 23.2 Å². The van der Waals surface area contributed by atoms with E-state index >= 15 is 0 Å². The molecule has 1 aromatic rings. The molecule has 2 heterocycles. The molecule has 0 spiro atoms. The molecule has 1 aromatic heterocycles. The third kappa shape index (κ3) is 2.16. The Hall–Kier alpha value is -2.66. The summed E-state index contributed by atoms with van der Waals surface area (Å²) in [7, 11) is 0. The number of hydrogen-bond acceptors (Lipinski definition) is 5. The largest absolute Gasteiger partial charge is 0.325 e. The molecule has 3 N–H and O–H groups in total. The molecule has 2 saturated carbocycles. The minimum absolute atomic E-state index is 0.262. The SMILES string of the molecule is O=C=C1NN=C(c2c[nH]c(=O)[nH]c2=O)C=C1[C@H]1C[C@@H]1C1CC1. The second-order valence-electron chi connectivity index (χ2n) is 6.01. The fraction of sp³-hybridized carbons (Fsp3) is 0.400. The molecule has 2 atom stereocenters. The number of nitrogens with one attached hydrogen (secondary N) is 3. The van der Waals surface area contributed by atoms with Crippen LogP contribution in [0.1, 0.15) is 24.8 Å². The first kappa shape index (κ1) is 13.0. The first-order valence-electron chi connectivity index (χ1n) is 7.30. The van der Waals surface area contributed by atoms with Gasteiger partial charge in [-0.2, -0.15) is 5.10 Å². The van der Waals surface area contributed by atoms with Crippen molar-refractivity contribution in [1.29, 1.82) is 0 Å². The van der Waals surface area contributed by atoms with E-state index in [4.69, 9.17) is 0 Å². The number of rotatable bonds is 3. The van der Waals surface area contributed by atoms with Crippen LogP contribution < -0.4 is 16.7 Å². The molecule has 0 amide bonds. The molecule has 22 heavy (non-hydrogen) atoms. The maximum absolute atomic E-state index is 11.9. The van der Waals surface area contributed by atoms with Crippen LogP contribution in [0.5, 0.6) is 0 Å². The van der Waals surface area contributed by atoms with E-state index in [0.717, 1.165) is 17.9 Å². The monoisotopic (exact) mass is 298 g/mol. The molecular formula is C15H14N4O3. The highest BCUT2D eigenvalue weighted by Crippen LogP contribution is 2.58. The van der Waals surface area contributed by atoms with Gasteiger partial charge in [-0.05, 0) is 48.7 Å². The normalized spacial score (nSPS) is 26.6. The van der Waals surface area contributed by atoms with Crippen LogP contribution in [0.3, 0.4) is 0 Å². The van der Waals surface area contributed by atoms with E-state index in [9.17, 15) is 14.4 Å². The number of hydrogen-bond donors (Lipinski definition) is 3. The molecule has 2 fully saturated rings. The van der Waals surface area contributed by atoms with Gasteiger partial charge in [0.15, 0.2) is 5.94 Å². The lowest BCUT2D eigenvalue weighted by molar-refractivity contribution is 0.564. The fourth-order valence-electron chi connectivity index (χ4n) is 3.16. The topological polar surface area (TPSA) is 107 Å². The maximum atomic E-state index is 11.9. The van der Waals surface area contributed by atoms with Crippen molar-refractivity contribution in [1.82, 2.24) is 15.4 Å². The summed E-state index contributed by atoms with van der Waals surface area (Å²) in [6.45, 7) is 0. The van der Waals surface area contributed by atoms with Crippen LogP contribution in [0.2, 0.25) is 0 Å².